The number of benzene rings is 2. The number of ether oxygens (including phenoxy) is 1. The Bertz CT molecular complexity index is 929. The maximum absolute atomic E-state index is 13.3. The van der Waals surface area contributed by atoms with Crippen molar-refractivity contribution >= 4 is 27.3 Å². The van der Waals surface area contributed by atoms with Gasteiger partial charge in [0.25, 0.3) is 5.91 Å². The van der Waals surface area contributed by atoms with Gasteiger partial charge in [0.2, 0.25) is 0 Å². The van der Waals surface area contributed by atoms with Crippen molar-refractivity contribution in [3.63, 3.8) is 0 Å². The maximum Gasteiger partial charge on any atom is 0.258 e. The second-order valence-corrected chi connectivity index (χ2v) is 9.21. The lowest BCUT2D eigenvalue weighted by molar-refractivity contribution is 0.0676. The molecule has 2 aromatic rings. The first-order valence-electron chi connectivity index (χ1n) is 8.87. The van der Waals surface area contributed by atoms with Gasteiger partial charge in [-0.25, -0.2) is 8.42 Å². The molecule has 0 spiro atoms. The van der Waals surface area contributed by atoms with E-state index in [1.165, 1.54) is 0 Å². The molecule has 0 saturated carbocycles. The van der Waals surface area contributed by atoms with E-state index >= 15 is 0 Å². The van der Waals surface area contributed by atoms with Crippen LogP contribution < -0.4 is 4.74 Å². The molecule has 0 bridgehead atoms. The zero-order chi connectivity index (χ0) is 19.4. The molecule has 27 heavy (non-hydrogen) atoms. The van der Waals surface area contributed by atoms with E-state index in [1.807, 2.05) is 25.1 Å². The number of amides is 1. The molecule has 7 heteroatoms. The summed E-state index contributed by atoms with van der Waals surface area (Å²) in [6.45, 7) is 2.59. The van der Waals surface area contributed by atoms with Crippen LogP contribution in [0.5, 0.6) is 5.75 Å². The highest BCUT2D eigenvalue weighted by atomic mass is 35.5. The van der Waals surface area contributed by atoms with Crippen LogP contribution in [0.3, 0.4) is 0 Å². The standard InChI is InChI=1S/C20H22ClNO4S/c1-2-26-19-9-4-3-8-18(19)20(23)22(17-10-11-27(24,25)14-17)13-15-6-5-7-16(21)12-15/h3-9,12,17H,2,10-11,13-14H2,1H3. The van der Waals surface area contributed by atoms with Crippen LogP contribution in [0.25, 0.3) is 0 Å². The molecule has 144 valence electrons. The summed E-state index contributed by atoms with van der Waals surface area (Å²) in [5, 5.41) is 0.577. The molecule has 1 fully saturated rings. The first-order chi connectivity index (χ1) is 12.9. The highest BCUT2D eigenvalue weighted by Crippen LogP contribution is 2.26. The summed E-state index contributed by atoms with van der Waals surface area (Å²) in [7, 11) is -3.13. The van der Waals surface area contributed by atoms with Gasteiger partial charge < -0.3 is 9.64 Å². The molecular formula is C20H22ClNO4S. The summed E-state index contributed by atoms with van der Waals surface area (Å²) >= 11 is 6.08. The van der Waals surface area contributed by atoms with E-state index in [0.717, 1.165) is 5.56 Å². The summed E-state index contributed by atoms with van der Waals surface area (Å²) in [6, 6.07) is 13.9. The van der Waals surface area contributed by atoms with Crippen molar-refractivity contribution in [1.82, 2.24) is 4.90 Å². The first kappa shape index (κ1) is 19.7. The maximum atomic E-state index is 13.3. The highest BCUT2D eigenvalue weighted by molar-refractivity contribution is 7.91. The molecule has 1 saturated heterocycles. The Kier molecular flexibility index (Phi) is 6.07. The topological polar surface area (TPSA) is 63.7 Å². The molecule has 1 heterocycles. The van der Waals surface area contributed by atoms with Gasteiger partial charge in [-0.1, -0.05) is 35.9 Å². The van der Waals surface area contributed by atoms with E-state index in [-0.39, 0.29) is 23.5 Å². The Balaban J connectivity index is 1.95. The van der Waals surface area contributed by atoms with Crippen molar-refractivity contribution in [3.05, 3.63) is 64.7 Å². The summed E-state index contributed by atoms with van der Waals surface area (Å²) in [4.78, 5) is 15.0. The number of halogens is 1. The van der Waals surface area contributed by atoms with Gasteiger partial charge in [-0.3, -0.25) is 4.79 Å². The molecular weight excluding hydrogens is 386 g/mol. The van der Waals surface area contributed by atoms with Crippen molar-refractivity contribution in [2.24, 2.45) is 0 Å². The zero-order valence-electron chi connectivity index (χ0n) is 15.1. The van der Waals surface area contributed by atoms with Gasteiger partial charge in [0, 0.05) is 17.6 Å². The molecule has 1 aliphatic heterocycles. The van der Waals surface area contributed by atoms with Gasteiger partial charge in [0.15, 0.2) is 9.84 Å². The molecule has 0 aliphatic carbocycles. The summed E-state index contributed by atoms with van der Waals surface area (Å²) in [5.41, 5.74) is 1.29. The third-order valence-electron chi connectivity index (χ3n) is 4.57. The van der Waals surface area contributed by atoms with Crippen LogP contribution in [0.15, 0.2) is 48.5 Å². The van der Waals surface area contributed by atoms with Crippen LogP contribution >= 0.6 is 11.6 Å². The Morgan fingerprint density at radius 3 is 2.67 bits per heavy atom. The van der Waals surface area contributed by atoms with Gasteiger partial charge in [0.05, 0.1) is 23.7 Å². The lowest BCUT2D eigenvalue weighted by Crippen LogP contribution is -2.40. The lowest BCUT2D eigenvalue weighted by atomic mass is 10.1. The predicted molar refractivity (Wildman–Crippen MR) is 106 cm³/mol. The number of rotatable bonds is 6. The normalized spacial score (nSPS) is 18.2. The summed E-state index contributed by atoms with van der Waals surface area (Å²) in [5.74, 6) is 0.350. The molecule has 1 atom stereocenters. The summed E-state index contributed by atoms with van der Waals surface area (Å²) in [6.07, 6.45) is 0.436. The Labute approximate surface area is 164 Å². The number of nitrogens with zero attached hydrogens (tertiary/aromatic N) is 1. The molecule has 1 amide bonds. The molecule has 1 unspecified atom stereocenters. The zero-order valence-corrected chi connectivity index (χ0v) is 16.7. The largest absolute Gasteiger partial charge is 0.493 e. The fraction of sp³-hybridized carbons (Fsp3) is 0.350. The van der Waals surface area contributed by atoms with Crippen molar-refractivity contribution in [2.75, 3.05) is 18.1 Å². The van der Waals surface area contributed by atoms with E-state index in [9.17, 15) is 13.2 Å². The SMILES string of the molecule is CCOc1ccccc1C(=O)N(Cc1cccc(Cl)c1)C1CCS(=O)(=O)C1. The molecule has 0 radical (unpaired) electrons. The van der Waals surface area contributed by atoms with Crippen LogP contribution in [0.1, 0.15) is 29.3 Å². The second-order valence-electron chi connectivity index (χ2n) is 6.55. The Morgan fingerprint density at radius 2 is 2.00 bits per heavy atom. The van der Waals surface area contributed by atoms with Crippen LogP contribution in [0.4, 0.5) is 0 Å². The average Bonchev–Trinajstić information content (AvgIpc) is 2.99. The number of carbonyl (C=O) groups is 1. The minimum absolute atomic E-state index is 0.0178. The second kappa shape index (κ2) is 8.31. The smallest absolute Gasteiger partial charge is 0.258 e. The van der Waals surface area contributed by atoms with E-state index in [4.69, 9.17) is 16.3 Å². The highest BCUT2D eigenvalue weighted by Gasteiger charge is 2.35. The summed E-state index contributed by atoms with van der Waals surface area (Å²) < 4.78 is 29.6. The predicted octanol–water partition coefficient (Wildman–Crippen LogP) is 3.57. The number of hydrogen-bond donors (Lipinski definition) is 0. The van der Waals surface area contributed by atoms with Crippen LogP contribution in [-0.2, 0) is 16.4 Å². The van der Waals surface area contributed by atoms with Crippen molar-refractivity contribution in [1.29, 1.82) is 0 Å². The van der Waals surface area contributed by atoms with Gasteiger partial charge in [-0.2, -0.15) is 0 Å². The van der Waals surface area contributed by atoms with Crippen LogP contribution in [0.2, 0.25) is 5.02 Å². The van der Waals surface area contributed by atoms with E-state index in [2.05, 4.69) is 0 Å². The molecule has 5 nitrogen and oxygen atoms in total. The monoisotopic (exact) mass is 407 g/mol. The lowest BCUT2D eigenvalue weighted by Gasteiger charge is -2.29. The average molecular weight is 408 g/mol. The quantitative estimate of drug-likeness (QED) is 0.734. The van der Waals surface area contributed by atoms with Crippen LogP contribution in [0, 0.1) is 0 Å². The van der Waals surface area contributed by atoms with E-state index in [0.29, 0.717) is 35.9 Å². The van der Waals surface area contributed by atoms with E-state index in [1.54, 1.807) is 35.2 Å². The fourth-order valence-corrected chi connectivity index (χ4v) is 5.24. The number of carbonyl (C=O) groups excluding carboxylic acids is 1. The van der Waals surface area contributed by atoms with Gasteiger partial charge >= 0.3 is 0 Å². The molecule has 3 rings (SSSR count). The Morgan fingerprint density at radius 1 is 1.22 bits per heavy atom. The van der Waals surface area contributed by atoms with Crippen LogP contribution in [-0.4, -0.2) is 43.4 Å². The van der Waals surface area contributed by atoms with E-state index < -0.39 is 9.84 Å². The first-order valence-corrected chi connectivity index (χ1v) is 11.1. The number of hydrogen-bond acceptors (Lipinski definition) is 4. The third-order valence-corrected chi connectivity index (χ3v) is 6.55. The van der Waals surface area contributed by atoms with Crippen molar-refractivity contribution < 1.29 is 17.9 Å². The molecule has 1 aliphatic rings. The van der Waals surface area contributed by atoms with Gasteiger partial charge in [0.1, 0.15) is 5.75 Å². The number of sulfone groups is 1. The van der Waals surface area contributed by atoms with Crippen molar-refractivity contribution in [3.8, 4) is 5.75 Å². The minimum atomic E-state index is -3.13. The molecule has 0 N–H and O–H groups in total. The van der Waals surface area contributed by atoms with Gasteiger partial charge in [-0.05, 0) is 43.2 Å². The minimum Gasteiger partial charge on any atom is -0.493 e. The molecule has 0 aromatic heterocycles. The van der Waals surface area contributed by atoms with Crippen molar-refractivity contribution in [2.45, 2.75) is 25.9 Å². The third kappa shape index (κ3) is 4.82. The van der Waals surface area contributed by atoms with Gasteiger partial charge in [-0.15, -0.1) is 0 Å². The molecule has 2 aromatic carbocycles. The fourth-order valence-electron chi connectivity index (χ4n) is 3.30. The number of para-hydroxylation sites is 1. The Hall–Kier alpha value is -2.05.